The van der Waals surface area contributed by atoms with E-state index in [2.05, 4.69) is 20.4 Å². The van der Waals surface area contributed by atoms with Crippen LogP contribution in [0.15, 0.2) is 53.1 Å². The lowest BCUT2D eigenvalue weighted by molar-refractivity contribution is -0.134. The molecule has 172 valence electrons. The van der Waals surface area contributed by atoms with E-state index in [0.29, 0.717) is 55.0 Å². The van der Waals surface area contributed by atoms with Crippen LogP contribution in [0.25, 0.3) is 11.4 Å². The maximum atomic E-state index is 12.8. The first-order valence-electron chi connectivity index (χ1n) is 10.9. The van der Waals surface area contributed by atoms with Gasteiger partial charge >= 0.3 is 0 Å². The van der Waals surface area contributed by atoms with Crippen molar-refractivity contribution in [1.82, 2.24) is 25.3 Å². The summed E-state index contributed by atoms with van der Waals surface area (Å²) in [5.74, 6) is 0.719. The van der Waals surface area contributed by atoms with Crippen LogP contribution >= 0.6 is 11.6 Å². The van der Waals surface area contributed by atoms with Crippen LogP contribution in [-0.2, 0) is 11.3 Å². The van der Waals surface area contributed by atoms with Crippen molar-refractivity contribution in [3.63, 3.8) is 0 Å². The van der Waals surface area contributed by atoms with Gasteiger partial charge in [-0.15, -0.1) is 0 Å². The second-order valence-corrected chi connectivity index (χ2v) is 8.62. The zero-order valence-corrected chi connectivity index (χ0v) is 19.4. The molecule has 1 unspecified atom stereocenters. The van der Waals surface area contributed by atoms with E-state index in [1.807, 2.05) is 31.2 Å². The maximum Gasteiger partial charge on any atom is 0.251 e. The van der Waals surface area contributed by atoms with Crippen molar-refractivity contribution in [3.8, 4) is 11.4 Å². The molecule has 2 aromatic carbocycles. The molecule has 1 aliphatic heterocycles. The molecule has 2 heterocycles. The SMILES string of the molecule is Cc1cccc(C(=O)NC(C)C(=O)N2CCN(Cc3nc(-c4ccc(Cl)cc4)no3)CC2)c1. The number of hydrogen-bond donors (Lipinski definition) is 1. The van der Waals surface area contributed by atoms with Gasteiger partial charge in [-0.05, 0) is 50.2 Å². The van der Waals surface area contributed by atoms with E-state index in [1.54, 1.807) is 36.1 Å². The molecule has 1 fully saturated rings. The number of carbonyl (C=O) groups excluding carboxylic acids is 2. The minimum absolute atomic E-state index is 0.0848. The van der Waals surface area contributed by atoms with Crippen molar-refractivity contribution < 1.29 is 14.1 Å². The number of benzene rings is 2. The number of hydrogen-bond acceptors (Lipinski definition) is 6. The number of aromatic nitrogens is 2. The molecule has 0 aliphatic carbocycles. The Morgan fingerprint density at radius 2 is 1.85 bits per heavy atom. The van der Waals surface area contributed by atoms with Crippen LogP contribution in [0.3, 0.4) is 0 Å². The summed E-state index contributed by atoms with van der Waals surface area (Å²) < 4.78 is 5.39. The van der Waals surface area contributed by atoms with Gasteiger partial charge in [-0.3, -0.25) is 14.5 Å². The fraction of sp³-hybridized carbons (Fsp3) is 0.333. The van der Waals surface area contributed by atoms with Crippen molar-refractivity contribution in [3.05, 3.63) is 70.6 Å². The van der Waals surface area contributed by atoms with Crippen molar-refractivity contribution >= 4 is 23.4 Å². The Morgan fingerprint density at radius 3 is 2.55 bits per heavy atom. The van der Waals surface area contributed by atoms with Crippen molar-refractivity contribution in [2.75, 3.05) is 26.2 Å². The number of nitrogens with one attached hydrogen (secondary N) is 1. The molecule has 8 nitrogen and oxygen atoms in total. The summed E-state index contributed by atoms with van der Waals surface area (Å²) in [5, 5.41) is 7.51. The van der Waals surface area contributed by atoms with Gasteiger partial charge in [-0.1, -0.05) is 34.5 Å². The van der Waals surface area contributed by atoms with E-state index < -0.39 is 6.04 Å². The van der Waals surface area contributed by atoms with Gasteiger partial charge in [-0.25, -0.2) is 0 Å². The molecule has 3 aromatic rings. The number of piperazine rings is 1. The summed E-state index contributed by atoms with van der Waals surface area (Å²) in [6.07, 6.45) is 0. The highest BCUT2D eigenvalue weighted by atomic mass is 35.5. The molecule has 1 saturated heterocycles. The quantitative estimate of drug-likeness (QED) is 0.598. The minimum atomic E-state index is -0.595. The average molecular weight is 468 g/mol. The van der Waals surface area contributed by atoms with Gasteiger partial charge in [0.25, 0.3) is 5.91 Å². The Balaban J connectivity index is 1.26. The molecule has 1 atom stereocenters. The lowest BCUT2D eigenvalue weighted by Gasteiger charge is -2.35. The predicted molar refractivity (Wildman–Crippen MR) is 125 cm³/mol. The van der Waals surface area contributed by atoms with Crippen LogP contribution in [0.5, 0.6) is 0 Å². The third-order valence-electron chi connectivity index (χ3n) is 5.61. The predicted octanol–water partition coefficient (Wildman–Crippen LogP) is 3.16. The molecule has 1 aromatic heterocycles. The molecule has 0 bridgehead atoms. The lowest BCUT2D eigenvalue weighted by atomic mass is 10.1. The van der Waals surface area contributed by atoms with E-state index >= 15 is 0 Å². The van der Waals surface area contributed by atoms with Crippen LogP contribution in [0, 0.1) is 6.92 Å². The monoisotopic (exact) mass is 467 g/mol. The number of rotatable bonds is 6. The first-order chi connectivity index (χ1) is 15.9. The molecule has 2 amide bonds. The van der Waals surface area contributed by atoms with E-state index in [9.17, 15) is 9.59 Å². The van der Waals surface area contributed by atoms with Gasteiger partial charge in [0, 0.05) is 42.3 Å². The Morgan fingerprint density at radius 1 is 1.12 bits per heavy atom. The number of halogens is 1. The smallest absolute Gasteiger partial charge is 0.251 e. The van der Waals surface area contributed by atoms with E-state index in [1.165, 1.54) is 0 Å². The molecule has 0 radical (unpaired) electrons. The molecule has 0 saturated carbocycles. The van der Waals surface area contributed by atoms with Crippen molar-refractivity contribution in [1.29, 1.82) is 0 Å². The highest BCUT2D eigenvalue weighted by Crippen LogP contribution is 2.19. The zero-order chi connectivity index (χ0) is 23.4. The third kappa shape index (κ3) is 5.77. The summed E-state index contributed by atoms with van der Waals surface area (Å²) in [6, 6.07) is 14.0. The summed E-state index contributed by atoms with van der Waals surface area (Å²) in [7, 11) is 0. The van der Waals surface area contributed by atoms with Crippen LogP contribution in [0.2, 0.25) is 5.02 Å². The summed E-state index contributed by atoms with van der Waals surface area (Å²) in [6.45, 7) is 6.67. The normalized spacial score (nSPS) is 15.3. The van der Waals surface area contributed by atoms with Crippen LogP contribution in [-0.4, -0.2) is 64.0 Å². The summed E-state index contributed by atoms with van der Waals surface area (Å²) >= 11 is 5.93. The second-order valence-electron chi connectivity index (χ2n) is 8.18. The molecule has 33 heavy (non-hydrogen) atoms. The largest absolute Gasteiger partial charge is 0.341 e. The standard InChI is InChI=1S/C24H26ClN5O3/c1-16-4-3-5-19(14-16)23(31)26-17(2)24(32)30-12-10-29(11-13-30)15-21-27-22(28-33-21)18-6-8-20(25)9-7-18/h3-9,14,17H,10-13,15H2,1-2H3,(H,26,31). The van der Waals surface area contributed by atoms with Crippen LogP contribution < -0.4 is 5.32 Å². The van der Waals surface area contributed by atoms with Gasteiger partial charge in [-0.2, -0.15) is 4.98 Å². The van der Waals surface area contributed by atoms with Crippen molar-refractivity contribution in [2.24, 2.45) is 0 Å². The Hall–Kier alpha value is -3.23. The molecule has 1 aliphatic rings. The maximum absolute atomic E-state index is 12.8. The first kappa shape index (κ1) is 22.9. The lowest BCUT2D eigenvalue weighted by Crippen LogP contribution is -2.53. The van der Waals surface area contributed by atoms with E-state index in [4.69, 9.17) is 16.1 Å². The van der Waals surface area contributed by atoms with E-state index in [0.717, 1.165) is 11.1 Å². The zero-order valence-electron chi connectivity index (χ0n) is 18.6. The van der Waals surface area contributed by atoms with E-state index in [-0.39, 0.29) is 11.8 Å². The van der Waals surface area contributed by atoms with Gasteiger partial charge in [0.1, 0.15) is 6.04 Å². The van der Waals surface area contributed by atoms with Crippen LogP contribution in [0.4, 0.5) is 0 Å². The molecular formula is C24H26ClN5O3. The van der Waals surface area contributed by atoms with Gasteiger partial charge in [0.05, 0.1) is 6.54 Å². The minimum Gasteiger partial charge on any atom is -0.341 e. The number of carbonyl (C=O) groups is 2. The molecule has 9 heteroatoms. The molecular weight excluding hydrogens is 442 g/mol. The van der Waals surface area contributed by atoms with Gasteiger partial charge < -0.3 is 14.7 Å². The second kappa shape index (κ2) is 10.1. The average Bonchev–Trinajstić information content (AvgIpc) is 3.28. The highest BCUT2D eigenvalue weighted by Gasteiger charge is 2.27. The Kier molecular flexibility index (Phi) is 7.05. The fourth-order valence-electron chi connectivity index (χ4n) is 3.75. The molecule has 1 N–H and O–H groups in total. The van der Waals surface area contributed by atoms with Crippen LogP contribution in [0.1, 0.15) is 28.7 Å². The third-order valence-corrected chi connectivity index (χ3v) is 5.86. The molecule has 4 rings (SSSR count). The summed E-state index contributed by atoms with van der Waals surface area (Å²) in [5.41, 5.74) is 2.39. The topological polar surface area (TPSA) is 91.6 Å². The Bertz CT molecular complexity index is 1120. The molecule has 0 spiro atoms. The number of aryl methyl sites for hydroxylation is 1. The number of nitrogens with zero attached hydrogens (tertiary/aromatic N) is 4. The van der Waals surface area contributed by atoms with Gasteiger partial charge in [0.2, 0.25) is 17.6 Å². The fourth-order valence-corrected chi connectivity index (χ4v) is 3.88. The number of amides is 2. The van der Waals surface area contributed by atoms with Gasteiger partial charge in [0.15, 0.2) is 0 Å². The Labute approximate surface area is 197 Å². The van der Waals surface area contributed by atoms with Crippen molar-refractivity contribution in [2.45, 2.75) is 26.4 Å². The first-order valence-corrected chi connectivity index (χ1v) is 11.2. The summed E-state index contributed by atoms with van der Waals surface area (Å²) in [4.78, 5) is 33.7. The highest BCUT2D eigenvalue weighted by molar-refractivity contribution is 6.30.